The first kappa shape index (κ1) is 12.3. The molecule has 0 heterocycles. The van der Waals surface area contributed by atoms with Gasteiger partial charge in [-0.1, -0.05) is 0 Å². The molecule has 86 valence electrons. The lowest BCUT2D eigenvalue weighted by Gasteiger charge is -2.10. The highest BCUT2D eigenvalue weighted by molar-refractivity contribution is 7.93. The van der Waals surface area contributed by atoms with Gasteiger partial charge in [-0.25, -0.2) is 8.42 Å². The number of nitriles is 1. The van der Waals surface area contributed by atoms with Gasteiger partial charge in [0.25, 0.3) is 0 Å². The normalized spacial score (nSPS) is 12.8. The Labute approximate surface area is 94.9 Å². The Bertz CT molecular complexity index is 531. The number of rotatable bonds is 3. The molecule has 0 fully saturated rings. The third kappa shape index (κ3) is 2.64. The van der Waals surface area contributed by atoms with Crippen molar-refractivity contribution >= 4 is 21.4 Å². The summed E-state index contributed by atoms with van der Waals surface area (Å²) in [5, 5.41) is 7.47. The van der Waals surface area contributed by atoms with E-state index in [4.69, 9.17) is 11.0 Å². The smallest absolute Gasteiger partial charge is 0.248 e. The maximum atomic E-state index is 11.6. The number of hydrogen-bond donors (Lipinski definition) is 2. The Morgan fingerprint density at radius 2 is 2.12 bits per heavy atom. The first-order valence-corrected chi connectivity index (χ1v) is 6.19. The summed E-state index contributed by atoms with van der Waals surface area (Å²) in [6, 6.07) is 6.47. The van der Waals surface area contributed by atoms with E-state index in [0.29, 0.717) is 11.4 Å². The number of nitrogen functional groups attached to an aromatic ring is 1. The summed E-state index contributed by atoms with van der Waals surface area (Å²) in [4.78, 5) is 0. The van der Waals surface area contributed by atoms with Crippen LogP contribution in [0.4, 0.5) is 11.4 Å². The molecule has 1 rings (SSSR count). The monoisotopic (exact) mass is 239 g/mol. The second-order valence-electron chi connectivity index (χ2n) is 3.49. The second-order valence-corrected chi connectivity index (χ2v) is 5.49. The molecule has 0 saturated carbocycles. The summed E-state index contributed by atoms with van der Waals surface area (Å²) in [6.07, 6.45) is 0. The standard InChI is InChI=1S/C10H13N3O2S/c1-7-5-9(3-4-10(7)12)13-16(14,15)8(2)6-11/h3-5,8,13H,12H2,1-2H3. The van der Waals surface area contributed by atoms with Crippen LogP contribution in [0.2, 0.25) is 0 Å². The van der Waals surface area contributed by atoms with Crippen molar-refractivity contribution < 1.29 is 8.42 Å². The lowest BCUT2D eigenvalue weighted by molar-refractivity contribution is 0.597. The highest BCUT2D eigenvalue weighted by Gasteiger charge is 2.19. The fourth-order valence-corrected chi connectivity index (χ4v) is 1.83. The zero-order valence-electron chi connectivity index (χ0n) is 9.06. The Hall–Kier alpha value is -1.74. The van der Waals surface area contributed by atoms with Crippen LogP contribution in [0.3, 0.4) is 0 Å². The fraction of sp³-hybridized carbons (Fsp3) is 0.300. The van der Waals surface area contributed by atoms with Gasteiger partial charge in [0.05, 0.1) is 6.07 Å². The van der Waals surface area contributed by atoms with Crippen LogP contribution in [0.15, 0.2) is 18.2 Å². The molecule has 16 heavy (non-hydrogen) atoms. The van der Waals surface area contributed by atoms with Gasteiger partial charge in [0, 0.05) is 11.4 Å². The Morgan fingerprint density at radius 3 is 2.62 bits per heavy atom. The van der Waals surface area contributed by atoms with E-state index in [9.17, 15) is 8.42 Å². The van der Waals surface area contributed by atoms with E-state index in [1.807, 2.05) is 0 Å². The molecule has 1 unspecified atom stereocenters. The molecule has 5 nitrogen and oxygen atoms in total. The largest absolute Gasteiger partial charge is 0.399 e. The van der Waals surface area contributed by atoms with E-state index >= 15 is 0 Å². The molecule has 1 aromatic rings. The average molecular weight is 239 g/mol. The highest BCUT2D eigenvalue weighted by atomic mass is 32.2. The molecule has 1 atom stereocenters. The molecule has 0 aliphatic carbocycles. The molecule has 0 aromatic heterocycles. The van der Waals surface area contributed by atoms with Crippen molar-refractivity contribution in [2.24, 2.45) is 0 Å². The minimum atomic E-state index is -3.64. The van der Waals surface area contributed by atoms with Gasteiger partial charge in [-0.15, -0.1) is 0 Å². The molecule has 0 bridgehead atoms. The first-order valence-electron chi connectivity index (χ1n) is 4.64. The Balaban J connectivity index is 2.98. The lowest BCUT2D eigenvalue weighted by Crippen LogP contribution is -2.23. The number of nitrogens with zero attached hydrogens (tertiary/aromatic N) is 1. The van der Waals surface area contributed by atoms with Crippen molar-refractivity contribution in [3.63, 3.8) is 0 Å². The van der Waals surface area contributed by atoms with Crippen LogP contribution < -0.4 is 10.5 Å². The highest BCUT2D eigenvalue weighted by Crippen LogP contribution is 2.18. The van der Waals surface area contributed by atoms with Crippen molar-refractivity contribution in [1.29, 1.82) is 5.26 Å². The molecule has 0 aliphatic rings. The average Bonchev–Trinajstić information content (AvgIpc) is 2.22. The van der Waals surface area contributed by atoms with Gasteiger partial charge in [-0.2, -0.15) is 5.26 Å². The van der Waals surface area contributed by atoms with Crippen LogP contribution in [0.5, 0.6) is 0 Å². The van der Waals surface area contributed by atoms with Crippen molar-refractivity contribution in [3.05, 3.63) is 23.8 Å². The van der Waals surface area contributed by atoms with E-state index in [-0.39, 0.29) is 0 Å². The summed E-state index contributed by atoms with van der Waals surface area (Å²) in [7, 11) is -3.64. The summed E-state index contributed by atoms with van der Waals surface area (Å²) in [6.45, 7) is 3.10. The molecule has 3 N–H and O–H groups in total. The molecule has 1 aromatic carbocycles. The third-order valence-electron chi connectivity index (χ3n) is 2.18. The van der Waals surface area contributed by atoms with Crippen LogP contribution in [-0.2, 0) is 10.0 Å². The van der Waals surface area contributed by atoms with Gasteiger partial charge in [0.15, 0.2) is 5.25 Å². The molecule has 6 heteroatoms. The minimum absolute atomic E-state index is 0.411. The third-order valence-corrected chi connectivity index (χ3v) is 3.73. The molecular weight excluding hydrogens is 226 g/mol. The van der Waals surface area contributed by atoms with Crippen molar-refractivity contribution in [3.8, 4) is 6.07 Å². The SMILES string of the molecule is Cc1cc(NS(=O)(=O)C(C)C#N)ccc1N. The van der Waals surface area contributed by atoms with Crippen LogP contribution >= 0.6 is 0 Å². The van der Waals surface area contributed by atoms with E-state index in [2.05, 4.69) is 4.72 Å². The van der Waals surface area contributed by atoms with E-state index in [1.54, 1.807) is 31.2 Å². The maximum Gasteiger partial charge on any atom is 0.248 e. The first-order chi connectivity index (χ1) is 7.36. The summed E-state index contributed by atoms with van der Waals surface area (Å²) < 4.78 is 25.5. The van der Waals surface area contributed by atoms with Crippen LogP contribution in [0.1, 0.15) is 12.5 Å². The van der Waals surface area contributed by atoms with Crippen LogP contribution in [0, 0.1) is 18.3 Å². The van der Waals surface area contributed by atoms with E-state index < -0.39 is 15.3 Å². The summed E-state index contributed by atoms with van der Waals surface area (Å²) >= 11 is 0. The number of hydrogen-bond acceptors (Lipinski definition) is 4. The lowest BCUT2D eigenvalue weighted by atomic mass is 10.2. The topological polar surface area (TPSA) is 96.0 Å². The van der Waals surface area contributed by atoms with Gasteiger partial charge in [0.1, 0.15) is 0 Å². The Kier molecular flexibility index (Phi) is 3.40. The second kappa shape index (κ2) is 4.41. The molecule has 0 amide bonds. The number of anilines is 2. The fourth-order valence-electron chi connectivity index (χ4n) is 1.06. The zero-order valence-corrected chi connectivity index (χ0v) is 9.88. The number of aryl methyl sites for hydroxylation is 1. The van der Waals surface area contributed by atoms with Crippen LogP contribution in [-0.4, -0.2) is 13.7 Å². The molecular formula is C10H13N3O2S. The maximum absolute atomic E-state index is 11.6. The van der Waals surface area contributed by atoms with Gasteiger partial charge >= 0.3 is 0 Å². The van der Waals surface area contributed by atoms with Gasteiger partial charge in [-0.05, 0) is 37.6 Å². The molecule has 0 spiro atoms. The van der Waals surface area contributed by atoms with Crippen molar-refractivity contribution in [1.82, 2.24) is 0 Å². The zero-order chi connectivity index (χ0) is 12.3. The molecule has 0 aliphatic heterocycles. The van der Waals surface area contributed by atoms with Gasteiger partial charge < -0.3 is 5.73 Å². The number of nitrogens with two attached hydrogens (primary N) is 1. The quantitative estimate of drug-likeness (QED) is 0.775. The number of nitrogens with one attached hydrogen (secondary N) is 1. The summed E-state index contributed by atoms with van der Waals surface area (Å²) in [5.74, 6) is 0. The van der Waals surface area contributed by atoms with E-state index in [1.165, 1.54) is 6.92 Å². The predicted molar refractivity (Wildman–Crippen MR) is 63.2 cm³/mol. The molecule has 0 saturated heterocycles. The van der Waals surface area contributed by atoms with Crippen LogP contribution in [0.25, 0.3) is 0 Å². The predicted octanol–water partition coefficient (Wildman–Crippen LogP) is 1.23. The van der Waals surface area contributed by atoms with Crippen molar-refractivity contribution in [2.45, 2.75) is 19.1 Å². The number of sulfonamides is 1. The summed E-state index contributed by atoms with van der Waals surface area (Å²) in [5.41, 5.74) is 7.40. The number of benzene rings is 1. The molecule has 0 radical (unpaired) electrons. The van der Waals surface area contributed by atoms with E-state index in [0.717, 1.165) is 5.56 Å². The minimum Gasteiger partial charge on any atom is -0.399 e. The van der Waals surface area contributed by atoms with Gasteiger partial charge in [-0.3, -0.25) is 4.72 Å². The van der Waals surface area contributed by atoms with Crippen molar-refractivity contribution in [2.75, 3.05) is 10.5 Å². The Morgan fingerprint density at radius 1 is 1.50 bits per heavy atom. The van der Waals surface area contributed by atoms with Gasteiger partial charge in [0.2, 0.25) is 10.0 Å².